The molecule has 2 aliphatic rings. The minimum atomic E-state index is -1.24. The van der Waals surface area contributed by atoms with Crippen molar-refractivity contribution in [3.8, 4) is 5.75 Å². The summed E-state index contributed by atoms with van der Waals surface area (Å²) < 4.78 is 5.60. The molecule has 1 unspecified atom stereocenters. The molecule has 2 heterocycles. The van der Waals surface area contributed by atoms with Gasteiger partial charge in [0.1, 0.15) is 24.4 Å². The number of ether oxygens (including phenoxy) is 1. The monoisotopic (exact) mass is 433 g/mol. The topological polar surface area (TPSA) is 79.0 Å². The van der Waals surface area contributed by atoms with Crippen LogP contribution in [0, 0.1) is 0 Å². The van der Waals surface area contributed by atoms with Crippen molar-refractivity contribution in [2.45, 2.75) is 32.4 Å². The second-order valence-electron chi connectivity index (χ2n) is 8.55. The Bertz CT molecular complexity index is 1080. The van der Waals surface area contributed by atoms with Crippen molar-refractivity contribution in [3.63, 3.8) is 0 Å². The summed E-state index contributed by atoms with van der Waals surface area (Å²) in [7, 11) is 0. The van der Waals surface area contributed by atoms with E-state index in [2.05, 4.69) is 18.0 Å². The van der Waals surface area contributed by atoms with Crippen LogP contribution < -0.4 is 10.1 Å². The summed E-state index contributed by atoms with van der Waals surface area (Å²) in [5.74, 6) is -0.0332. The number of benzene rings is 2. The van der Waals surface area contributed by atoms with Crippen molar-refractivity contribution in [3.05, 3.63) is 77.4 Å². The smallest absolute Gasteiger partial charge is 0.325 e. The van der Waals surface area contributed by atoms with Gasteiger partial charge < -0.3 is 15.0 Å². The molecule has 0 spiro atoms. The highest BCUT2D eigenvalue weighted by Gasteiger charge is 2.49. The van der Waals surface area contributed by atoms with Crippen LogP contribution in [0.3, 0.4) is 0 Å². The summed E-state index contributed by atoms with van der Waals surface area (Å²) in [6.07, 6.45) is 0.763. The Kier molecular flexibility index (Phi) is 5.74. The third-order valence-electron chi connectivity index (χ3n) is 5.97. The second kappa shape index (κ2) is 8.49. The molecule has 0 aliphatic carbocycles. The van der Waals surface area contributed by atoms with Crippen molar-refractivity contribution in [1.82, 2.24) is 15.1 Å². The summed E-state index contributed by atoms with van der Waals surface area (Å²) in [5, 5.41) is 2.75. The van der Waals surface area contributed by atoms with Gasteiger partial charge in [-0.15, -0.1) is 0 Å². The quantitative estimate of drug-likeness (QED) is 0.561. The molecular formula is C25H27N3O4. The van der Waals surface area contributed by atoms with Crippen molar-refractivity contribution >= 4 is 17.8 Å². The molecule has 0 radical (unpaired) electrons. The van der Waals surface area contributed by atoms with E-state index in [0.29, 0.717) is 31.0 Å². The lowest BCUT2D eigenvalue weighted by atomic mass is 9.92. The average molecular weight is 434 g/mol. The van der Waals surface area contributed by atoms with E-state index in [1.165, 1.54) is 5.56 Å². The molecule has 2 aromatic rings. The highest BCUT2D eigenvalue weighted by atomic mass is 16.5. The molecule has 4 rings (SSSR count). The van der Waals surface area contributed by atoms with Crippen molar-refractivity contribution < 1.29 is 19.1 Å². The first-order valence-electron chi connectivity index (χ1n) is 10.6. The first kappa shape index (κ1) is 21.6. The van der Waals surface area contributed by atoms with E-state index >= 15 is 0 Å². The molecule has 1 fully saturated rings. The zero-order valence-corrected chi connectivity index (χ0v) is 18.4. The Balaban J connectivity index is 1.44. The van der Waals surface area contributed by atoms with Crippen LogP contribution in [0.25, 0.3) is 0 Å². The van der Waals surface area contributed by atoms with Crippen LogP contribution in [0.1, 0.15) is 30.5 Å². The lowest BCUT2D eigenvalue weighted by Crippen LogP contribution is -2.45. The van der Waals surface area contributed by atoms with Gasteiger partial charge >= 0.3 is 6.03 Å². The zero-order chi connectivity index (χ0) is 22.9. The van der Waals surface area contributed by atoms with Gasteiger partial charge in [-0.05, 0) is 54.7 Å². The number of hydrogen-bond donors (Lipinski definition) is 1. The molecule has 4 amide bonds. The standard InChI is InChI=1S/C25H27N3O4/c1-17(2)16-32-21-10-8-20(9-11-21)25(3)23(30)28(24(31)26-25)15-22(29)27-13-12-18-6-4-5-7-19(18)14-27/h4-11H,1,12-16H2,2-3H3,(H,26,31). The van der Waals surface area contributed by atoms with E-state index in [1.807, 2.05) is 25.1 Å². The maximum absolute atomic E-state index is 13.2. The van der Waals surface area contributed by atoms with E-state index < -0.39 is 17.5 Å². The lowest BCUT2D eigenvalue weighted by Gasteiger charge is -2.30. The number of rotatable bonds is 6. The van der Waals surface area contributed by atoms with Crippen molar-refractivity contribution in [2.24, 2.45) is 0 Å². The second-order valence-corrected chi connectivity index (χ2v) is 8.55. The van der Waals surface area contributed by atoms with Crippen LogP contribution in [-0.4, -0.2) is 47.3 Å². The van der Waals surface area contributed by atoms with E-state index in [9.17, 15) is 14.4 Å². The van der Waals surface area contributed by atoms with E-state index in [1.54, 1.807) is 36.1 Å². The molecule has 2 aliphatic heterocycles. The van der Waals surface area contributed by atoms with Crippen molar-refractivity contribution in [1.29, 1.82) is 0 Å². The summed E-state index contributed by atoms with van der Waals surface area (Å²) in [6.45, 7) is 8.52. The molecule has 1 saturated heterocycles. The number of hydrogen-bond acceptors (Lipinski definition) is 4. The number of urea groups is 1. The maximum Gasteiger partial charge on any atom is 0.325 e. The molecule has 0 saturated carbocycles. The number of amides is 4. The Morgan fingerprint density at radius 3 is 2.50 bits per heavy atom. The summed E-state index contributed by atoms with van der Waals surface area (Å²) >= 11 is 0. The van der Waals surface area contributed by atoms with Gasteiger partial charge in [0.2, 0.25) is 5.91 Å². The molecule has 7 nitrogen and oxygen atoms in total. The Labute approximate surface area is 187 Å². The normalized spacial score (nSPS) is 20.1. The molecule has 0 bridgehead atoms. The Hall–Kier alpha value is -3.61. The third-order valence-corrected chi connectivity index (χ3v) is 5.97. The average Bonchev–Trinajstić information content (AvgIpc) is 3.01. The number of fused-ring (bicyclic) bond motifs is 1. The number of carbonyl (C=O) groups excluding carboxylic acids is 3. The van der Waals surface area contributed by atoms with Crippen LogP contribution in [0.2, 0.25) is 0 Å². The van der Waals surface area contributed by atoms with E-state index in [4.69, 9.17) is 4.74 Å². The van der Waals surface area contributed by atoms with Gasteiger partial charge in [0, 0.05) is 13.1 Å². The SMILES string of the molecule is C=C(C)COc1ccc(C2(C)NC(=O)N(CC(=O)N3CCc4ccccc4C3)C2=O)cc1. The molecule has 7 heteroatoms. The van der Waals surface area contributed by atoms with Gasteiger partial charge in [0.25, 0.3) is 5.91 Å². The van der Waals surface area contributed by atoms with Gasteiger partial charge in [-0.3, -0.25) is 14.5 Å². The third kappa shape index (κ3) is 4.10. The fourth-order valence-electron chi connectivity index (χ4n) is 4.07. The van der Waals surface area contributed by atoms with E-state index in [0.717, 1.165) is 22.5 Å². The van der Waals surface area contributed by atoms with Gasteiger partial charge in [-0.1, -0.05) is 43.0 Å². The molecule has 2 aromatic carbocycles. The molecule has 166 valence electrons. The summed E-state index contributed by atoms with van der Waals surface area (Å²) in [4.78, 5) is 41.4. The highest BCUT2D eigenvalue weighted by Crippen LogP contribution is 2.30. The lowest BCUT2D eigenvalue weighted by molar-refractivity contribution is -0.139. The Morgan fingerprint density at radius 1 is 1.12 bits per heavy atom. The first-order chi connectivity index (χ1) is 15.3. The van der Waals surface area contributed by atoms with Crippen LogP contribution in [0.4, 0.5) is 4.79 Å². The fraction of sp³-hybridized carbons (Fsp3) is 0.320. The molecule has 1 N–H and O–H groups in total. The first-order valence-corrected chi connectivity index (χ1v) is 10.6. The fourth-order valence-corrected chi connectivity index (χ4v) is 4.07. The molecule has 32 heavy (non-hydrogen) atoms. The largest absolute Gasteiger partial charge is 0.489 e. The minimum absolute atomic E-state index is 0.240. The van der Waals surface area contributed by atoms with E-state index in [-0.39, 0.29) is 12.5 Å². The predicted molar refractivity (Wildman–Crippen MR) is 120 cm³/mol. The van der Waals surface area contributed by atoms with Crippen molar-refractivity contribution in [2.75, 3.05) is 19.7 Å². The minimum Gasteiger partial charge on any atom is -0.489 e. The van der Waals surface area contributed by atoms with Crippen LogP contribution >= 0.6 is 0 Å². The summed E-state index contributed by atoms with van der Waals surface area (Å²) in [6, 6.07) is 14.4. The van der Waals surface area contributed by atoms with Gasteiger partial charge in [-0.25, -0.2) is 4.79 Å². The highest BCUT2D eigenvalue weighted by molar-refractivity contribution is 6.09. The number of nitrogens with zero attached hydrogens (tertiary/aromatic N) is 2. The van der Waals surface area contributed by atoms with Crippen LogP contribution in [0.15, 0.2) is 60.7 Å². The van der Waals surface area contributed by atoms with Gasteiger partial charge in [0.15, 0.2) is 0 Å². The zero-order valence-electron chi connectivity index (χ0n) is 18.4. The van der Waals surface area contributed by atoms with Gasteiger partial charge in [-0.2, -0.15) is 0 Å². The predicted octanol–water partition coefficient (Wildman–Crippen LogP) is 2.99. The number of nitrogens with one attached hydrogen (secondary N) is 1. The molecule has 0 aromatic heterocycles. The van der Waals surface area contributed by atoms with Crippen LogP contribution in [-0.2, 0) is 28.1 Å². The Morgan fingerprint density at radius 2 is 1.81 bits per heavy atom. The number of carbonyl (C=O) groups is 3. The number of imide groups is 1. The summed E-state index contributed by atoms with van der Waals surface area (Å²) in [5.41, 5.74) is 2.62. The van der Waals surface area contributed by atoms with Gasteiger partial charge in [0.05, 0.1) is 0 Å². The van der Waals surface area contributed by atoms with Crippen LogP contribution in [0.5, 0.6) is 5.75 Å². The maximum atomic E-state index is 13.2. The molecule has 1 atom stereocenters. The molecular weight excluding hydrogens is 406 g/mol.